The molecule has 0 aromatic heterocycles. The van der Waals surface area contributed by atoms with Gasteiger partial charge in [0.1, 0.15) is 0 Å². The van der Waals surface area contributed by atoms with Gasteiger partial charge in [-0.2, -0.15) is 0 Å². The SMILES string of the molecule is C[N+]1([O-])CCN(CC(=O)O)CC1. The molecule has 1 N–H and O–H groups in total. The predicted molar refractivity (Wildman–Crippen MR) is 43.4 cm³/mol. The zero-order valence-corrected chi connectivity index (χ0v) is 7.19. The Kier molecular flexibility index (Phi) is 2.66. The molecule has 1 rings (SSSR count). The fraction of sp³-hybridized carbons (Fsp3) is 0.857. The number of carboxylic acid groups (broad SMARTS) is 1. The molecule has 0 saturated carbocycles. The number of likely N-dealkylation sites (N-methyl/N-ethyl adjacent to an activating group) is 1. The number of hydrogen-bond donors (Lipinski definition) is 1. The molecule has 0 bridgehead atoms. The van der Waals surface area contributed by atoms with Gasteiger partial charge in [0.05, 0.1) is 26.7 Å². The monoisotopic (exact) mass is 174 g/mol. The molecule has 0 aromatic carbocycles. The lowest BCUT2D eigenvalue weighted by atomic mass is 10.3. The third kappa shape index (κ3) is 2.77. The number of quaternary nitrogens is 1. The van der Waals surface area contributed by atoms with E-state index in [2.05, 4.69) is 0 Å². The van der Waals surface area contributed by atoms with Crippen molar-refractivity contribution in [1.82, 2.24) is 4.90 Å². The van der Waals surface area contributed by atoms with Gasteiger partial charge in [0, 0.05) is 13.1 Å². The molecule has 70 valence electrons. The molecule has 1 aliphatic heterocycles. The van der Waals surface area contributed by atoms with E-state index in [-0.39, 0.29) is 11.2 Å². The maximum absolute atomic E-state index is 11.3. The summed E-state index contributed by atoms with van der Waals surface area (Å²) in [4.78, 5) is 12.1. The molecule has 0 aromatic rings. The van der Waals surface area contributed by atoms with Crippen LogP contribution in [0.25, 0.3) is 0 Å². The van der Waals surface area contributed by atoms with Crippen LogP contribution in [-0.2, 0) is 4.79 Å². The molecule has 5 nitrogen and oxygen atoms in total. The van der Waals surface area contributed by atoms with Crippen LogP contribution >= 0.6 is 0 Å². The fourth-order valence-corrected chi connectivity index (χ4v) is 1.28. The lowest BCUT2D eigenvalue weighted by Gasteiger charge is -2.44. The van der Waals surface area contributed by atoms with Gasteiger partial charge < -0.3 is 15.0 Å². The average Bonchev–Trinajstić information content (AvgIpc) is 1.93. The van der Waals surface area contributed by atoms with Crippen molar-refractivity contribution < 1.29 is 14.5 Å². The number of hydrogen-bond acceptors (Lipinski definition) is 3. The van der Waals surface area contributed by atoms with E-state index in [9.17, 15) is 10.0 Å². The second-order valence-corrected chi connectivity index (χ2v) is 3.41. The van der Waals surface area contributed by atoms with Gasteiger partial charge in [-0.25, -0.2) is 0 Å². The molecule has 5 heteroatoms. The summed E-state index contributed by atoms with van der Waals surface area (Å²) in [7, 11) is 1.62. The topological polar surface area (TPSA) is 63.6 Å². The second kappa shape index (κ2) is 3.38. The Morgan fingerprint density at radius 1 is 1.58 bits per heavy atom. The number of aliphatic carboxylic acids is 1. The summed E-state index contributed by atoms with van der Waals surface area (Å²) in [6.45, 7) is 2.22. The fourth-order valence-electron chi connectivity index (χ4n) is 1.28. The van der Waals surface area contributed by atoms with Crippen LogP contribution in [0.3, 0.4) is 0 Å². The van der Waals surface area contributed by atoms with Gasteiger partial charge in [-0.15, -0.1) is 0 Å². The van der Waals surface area contributed by atoms with Crippen molar-refractivity contribution >= 4 is 5.97 Å². The van der Waals surface area contributed by atoms with Gasteiger partial charge in [-0.1, -0.05) is 0 Å². The molecule has 0 radical (unpaired) electrons. The third-order valence-corrected chi connectivity index (χ3v) is 2.14. The largest absolute Gasteiger partial charge is 0.633 e. The molecule has 0 spiro atoms. The quantitative estimate of drug-likeness (QED) is 0.445. The third-order valence-electron chi connectivity index (χ3n) is 2.14. The molecule has 1 saturated heterocycles. The van der Waals surface area contributed by atoms with E-state index in [4.69, 9.17) is 5.11 Å². The zero-order valence-electron chi connectivity index (χ0n) is 7.19. The molecule has 0 atom stereocenters. The minimum atomic E-state index is -0.822. The summed E-state index contributed by atoms with van der Waals surface area (Å²) < 4.78 is -0.240. The smallest absolute Gasteiger partial charge is 0.317 e. The first-order chi connectivity index (χ1) is 5.49. The average molecular weight is 174 g/mol. The Hall–Kier alpha value is -0.650. The normalized spacial score (nSPS) is 23.8. The summed E-state index contributed by atoms with van der Waals surface area (Å²) >= 11 is 0. The Morgan fingerprint density at radius 2 is 2.08 bits per heavy atom. The summed E-state index contributed by atoms with van der Waals surface area (Å²) in [6.07, 6.45) is 0. The number of rotatable bonds is 2. The summed E-state index contributed by atoms with van der Waals surface area (Å²) in [6, 6.07) is 0. The Labute approximate surface area is 71.4 Å². The van der Waals surface area contributed by atoms with Gasteiger partial charge in [-0.05, 0) is 0 Å². The van der Waals surface area contributed by atoms with Crippen LogP contribution in [0.15, 0.2) is 0 Å². The van der Waals surface area contributed by atoms with Gasteiger partial charge in [0.2, 0.25) is 0 Å². The maximum atomic E-state index is 11.3. The van der Waals surface area contributed by atoms with Gasteiger partial charge in [0.15, 0.2) is 0 Å². The van der Waals surface area contributed by atoms with E-state index < -0.39 is 5.97 Å². The number of nitrogens with zero attached hydrogens (tertiary/aromatic N) is 2. The van der Waals surface area contributed by atoms with Crippen molar-refractivity contribution in [3.8, 4) is 0 Å². The maximum Gasteiger partial charge on any atom is 0.317 e. The summed E-state index contributed by atoms with van der Waals surface area (Å²) in [5, 5.41) is 19.8. The first-order valence-corrected chi connectivity index (χ1v) is 3.99. The highest BCUT2D eigenvalue weighted by molar-refractivity contribution is 5.69. The highest BCUT2D eigenvalue weighted by Gasteiger charge is 2.22. The first-order valence-electron chi connectivity index (χ1n) is 3.99. The molecule has 0 amide bonds. The molecule has 1 fully saturated rings. The standard InChI is InChI=1S/C7H14N2O3/c1-9(12)4-2-8(3-5-9)6-7(10)11/h2-6H2,1H3,(H,10,11). The van der Waals surface area contributed by atoms with Crippen molar-refractivity contribution in [2.45, 2.75) is 0 Å². The predicted octanol–water partition coefficient (Wildman–Crippen LogP) is -0.669. The molecular formula is C7H14N2O3. The minimum Gasteiger partial charge on any atom is -0.633 e. The lowest BCUT2D eigenvalue weighted by molar-refractivity contribution is -0.865. The number of hydroxylamine groups is 3. The van der Waals surface area contributed by atoms with E-state index in [0.717, 1.165) is 0 Å². The van der Waals surface area contributed by atoms with E-state index in [1.165, 1.54) is 0 Å². The molecule has 12 heavy (non-hydrogen) atoms. The van der Waals surface area contributed by atoms with Crippen LogP contribution < -0.4 is 0 Å². The van der Waals surface area contributed by atoms with E-state index in [0.29, 0.717) is 26.2 Å². The molecule has 0 aliphatic carbocycles. The number of carbonyl (C=O) groups is 1. The van der Waals surface area contributed by atoms with E-state index in [1.807, 2.05) is 0 Å². The Balaban J connectivity index is 2.31. The van der Waals surface area contributed by atoms with Crippen molar-refractivity contribution in [3.63, 3.8) is 0 Å². The highest BCUT2D eigenvalue weighted by Crippen LogP contribution is 2.06. The van der Waals surface area contributed by atoms with Crippen molar-refractivity contribution in [2.24, 2.45) is 0 Å². The van der Waals surface area contributed by atoms with Crippen molar-refractivity contribution in [2.75, 3.05) is 39.8 Å². The summed E-state index contributed by atoms with van der Waals surface area (Å²) in [5.74, 6) is -0.822. The lowest BCUT2D eigenvalue weighted by Crippen LogP contribution is -2.54. The second-order valence-electron chi connectivity index (χ2n) is 3.41. The Morgan fingerprint density at radius 3 is 2.50 bits per heavy atom. The minimum absolute atomic E-state index is 0.0556. The van der Waals surface area contributed by atoms with Gasteiger partial charge >= 0.3 is 5.97 Å². The summed E-state index contributed by atoms with van der Waals surface area (Å²) in [5.41, 5.74) is 0. The highest BCUT2D eigenvalue weighted by atomic mass is 16.5. The van der Waals surface area contributed by atoms with Crippen molar-refractivity contribution in [1.29, 1.82) is 0 Å². The van der Waals surface area contributed by atoms with Crippen LogP contribution in [-0.4, -0.2) is 60.4 Å². The first kappa shape index (κ1) is 9.44. The molecule has 1 heterocycles. The van der Waals surface area contributed by atoms with Crippen LogP contribution in [0, 0.1) is 5.21 Å². The van der Waals surface area contributed by atoms with Crippen LogP contribution in [0.2, 0.25) is 0 Å². The Bertz CT molecular complexity index is 171. The number of carboxylic acids is 1. The van der Waals surface area contributed by atoms with Gasteiger partial charge in [0.25, 0.3) is 0 Å². The zero-order chi connectivity index (χ0) is 9.19. The molecule has 1 aliphatic rings. The van der Waals surface area contributed by atoms with E-state index >= 15 is 0 Å². The van der Waals surface area contributed by atoms with Crippen LogP contribution in [0.1, 0.15) is 0 Å². The van der Waals surface area contributed by atoms with Crippen molar-refractivity contribution in [3.05, 3.63) is 5.21 Å². The molecular weight excluding hydrogens is 160 g/mol. The van der Waals surface area contributed by atoms with Crippen LogP contribution in [0.5, 0.6) is 0 Å². The molecule has 0 unspecified atom stereocenters. The number of piperazine rings is 1. The van der Waals surface area contributed by atoms with Gasteiger partial charge in [-0.3, -0.25) is 9.69 Å². The van der Waals surface area contributed by atoms with E-state index in [1.54, 1.807) is 11.9 Å². The van der Waals surface area contributed by atoms with Crippen LogP contribution in [0.4, 0.5) is 0 Å².